The summed E-state index contributed by atoms with van der Waals surface area (Å²) in [6, 6.07) is 17.5. The van der Waals surface area contributed by atoms with E-state index >= 15 is 0 Å². The van der Waals surface area contributed by atoms with Crippen LogP contribution < -0.4 is 25.3 Å². The Labute approximate surface area is 270 Å². The lowest BCUT2D eigenvalue weighted by atomic mass is 10.0. The Balaban J connectivity index is 1.16. The van der Waals surface area contributed by atoms with Crippen LogP contribution in [0.25, 0.3) is 11.3 Å². The molecule has 2 aliphatic rings. The predicted molar refractivity (Wildman–Crippen MR) is 172 cm³/mol. The predicted octanol–water partition coefficient (Wildman–Crippen LogP) is 4.24. The van der Waals surface area contributed by atoms with Crippen molar-refractivity contribution in [3.63, 3.8) is 0 Å². The first kappa shape index (κ1) is 31.1. The van der Waals surface area contributed by atoms with Crippen LogP contribution in [0, 0.1) is 6.92 Å². The summed E-state index contributed by atoms with van der Waals surface area (Å²) in [7, 11) is 1.57. The van der Waals surface area contributed by atoms with Crippen molar-refractivity contribution < 1.29 is 34.3 Å². The van der Waals surface area contributed by atoms with Crippen molar-refractivity contribution in [3.8, 4) is 17.0 Å². The number of benzene rings is 3. The topological polar surface area (TPSA) is 145 Å². The van der Waals surface area contributed by atoms with E-state index in [1.54, 1.807) is 66.3 Å². The zero-order valence-corrected chi connectivity index (χ0v) is 26.2. The molecule has 2 aliphatic heterocycles. The molecule has 238 valence electrons. The maximum atomic E-state index is 13.7. The fraction of sp³-hybridized carbons (Fsp3) is 0.273. The molecule has 46 heavy (non-hydrogen) atoms. The zero-order chi connectivity index (χ0) is 32.4. The van der Waals surface area contributed by atoms with Gasteiger partial charge in [0.25, 0.3) is 11.8 Å². The Morgan fingerprint density at radius 3 is 2.46 bits per heavy atom. The molecule has 13 heteroatoms. The summed E-state index contributed by atoms with van der Waals surface area (Å²) in [6.45, 7) is 4.16. The van der Waals surface area contributed by atoms with Crippen LogP contribution in [0.1, 0.15) is 39.3 Å². The molecule has 0 aliphatic carbocycles. The number of hydrogen-bond donors (Lipinski definition) is 3. The summed E-state index contributed by atoms with van der Waals surface area (Å²) >= 11 is 6.65. The zero-order valence-electron chi connectivity index (χ0n) is 25.5. The van der Waals surface area contributed by atoms with Gasteiger partial charge in [0.2, 0.25) is 5.91 Å². The Bertz CT molecular complexity index is 1780. The van der Waals surface area contributed by atoms with E-state index in [4.69, 9.17) is 20.9 Å². The number of nitrogens with zero attached hydrogens (tertiary/aromatic N) is 4. The Morgan fingerprint density at radius 2 is 1.78 bits per heavy atom. The van der Waals surface area contributed by atoms with E-state index in [-0.39, 0.29) is 17.7 Å². The molecule has 3 heterocycles. The first-order valence-corrected chi connectivity index (χ1v) is 15.3. The lowest BCUT2D eigenvalue weighted by molar-refractivity contribution is -0.825. The third-order valence-corrected chi connectivity index (χ3v) is 8.67. The van der Waals surface area contributed by atoms with E-state index < -0.39 is 0 Å². The second kappa shape index (κ2) is 13.2. The number of methoxy groups -OCH3 is 1. The average molecular weight is 646 g/mol. The molecule has 6 rings (SSSR count). The number of amides is 3. The number of carbonyl (C=O) groups is 3. The second-order valence-corrected chi connectivity index (χ2v) is 11.5. The van der Waals surface area contributed by atoms with Crippen LogP contribution in [0.15, 0.2) is 65.2 Å². The van der Waals surface area contributed by atoms with E-state index in [1.165, 1.54) is 0 Å². The highest BCUT2D eigenvalue weighted by Crippen LogP contribution is 2.36. The summed E-state index contributed by atoms with van der Waals surface area (Å²) in [5, 5.41) is 17.4. The van der Waals surface area contributed by atoms with Gasteiger partial charge >= 0.3 is 0 Å². The number of ether oxygens (including phenoxy) is 1. The third-order valence-electron chi connectivity index (χ3n) is 8.37. The van der Waals surface area contributed by atoms with Crippen molar-refractivity contribution in [3.05, 3.63) is 82.6 Å². The number of quaternary nitrogens is 1. The lowest BCUT2D eigenvalue weighted by Gasteiger charge is -2.36. The van der Waals surface area contributed by atoms with Crippen LogP contribution in [-0.2, 0) is 4.79 Å². The molecule has 3 aromatic carbocycles. The van der Waals surface area contributed by atoms with Gasteiger partial charge in [-0.3, -0.25) is 14.4 Å². The first-order chi connectivity index (χ1) is 22.3. The van der Waals surface area contributed by atoms with Crippen molar-refractivity contribution in [2.45, 2.75) is 19.8 Å². The van der Waals surface area contributed by atoms with Crippen LogP contribution in [0.5, 0.6) is 5.75 Å². The van der Waals surface area contributed by atoms with Crippen molar-refractivity contribution in [1.29, 1.82) is 0 Å². The van der Waals surface area contributed by atoms with Gasteiger partial charge in [-0.1, -0.05) is 28.9 Å². The highest BCUT2D eigenvalue weighted by Gasteiger charge is 2.31. The summed E-state index contributed by atoms with van der Waals surface area (Å²) in [5.74, 6) is 0.522. The van der Waals surface area contributed by atoms with Crippen molar-refractivity contribution in [1.82, 2.24) is 10.1 Å². The van der Waals surface area contributed by atoms with Gasteiger partial charge in [-0.2, -0.15) is 5.48 Å². The molecule has 1 aromatic heterocycles. The molecule has 2 saturated heterocycles. The van der Waals surface area contributed by atoms with Crippen LogP contribution in [0.3, 0.4) is 0 Å². The smallest absolute Gasteiger partial charge is 0.259 e. The first-order valence-electron chi connectivity index (χ1n) is 15.0. The molecule has 0 unspecified atom stereocenters. The number of piperazine rings is 1. The molecular weight excluding hydrogens is 612 g/mol. The average Bonchev–Trinajstić information content (AvgIpc) is 3.69. The third kappa shape index (κ3) is 6.02. The molecule has 0 saturated carbocycles. The molecule has 3 amide bonds. The van der Waals surface area contributed by atoms with Crippen molar-refractivity contribution >= 4 is 52.1 Å². The summed E-state index contributed by atoms with van der Waals surface area (Å²) in [4.78, 5) is 44.5. The molecule has 4 aromatic rings. The Kier molecular flexibility index (Phi) is 8.93. The fourth-order valence-electron chi connectivity index (χ4n) is 5.90. The summed E-state index contributed by atoms with van der Waals surface area (Å²) in [6.07, 6.45) is 1.34. The molecule has 0 bridgehead atoms. The monoisotopic (exact) mass is 645 g/mol. The fourth-order valence-corrected chi connectivity index (χ4v) is 6.19. The van der Waals surface area contributed by atoms with Crippen LogP contribution in [-0.4, -0.2) is 72.8 Å². The number of anilines is 3. The lowest BCUT2D eigenvalue weighted by Crippen LogP contribution is -2.74. The minimum atomic E-state index is -0.374. The van der Waals surface area contributed by atoms with E-state index in [9.17, 15) is 19.6 Å². The van der Waals surface area contributed by atoms with Crippen LogP contribution >= 0.6 is 11.6 Å². The SMILES string of the molecule is COc1ccccc1-c1noc(C)c1C(=O)N1CCN(c2cc(NC(=O)c3ccc(N4CCCC4=O)cc3)c([NH2+]O)cc2Cl)CC1. The number of para-hydroxylation sites is 1. The van der Waals surface area contributed by atoms with Gasteiger partial charge in [0.05, 0.1) is 17.8 Å². The van der Waals surface area contributed by atoms with Crippen LogP contribution in [0.2, 0.25) is 5.02 Å². The summed E-state index contributed by atoms with van der Waals surface area (Å²) < 4.78 is 10.9. The van der Waals surface area contributed by atoms with Crippen molar-refractivity contribution in [2.24, 2.45) is 0 Å². The van der Waals surface area contributed by atoms with Crippen molar-refractivity contribution in [2.75, 3.05) is 55.0 Å². The van der Waals surface area contributed by atoms with Gasteiger partial charge in [-0.25, -0.2) is 5.21 Å². The quantitative estimate of drug-likeness (QED) is 0.191. The number of nitrogens with two attached hydrogens (primary N) is 1. The number of aromatic nitrogens is 1. The van der Waals surface area contributed by atoms with Gasteiger partial charge in [0.1, 0.15) is 28.5 Å². The second-order valence-electron chi connectivity index (χ2n) is 11.1. The highest BCUT2D eigenvalue weighted by molar-refractivity contribution is 6.33. The molecule has 0 radical (unpaired) electrons. The molecule has 0 atom stereocenters. The van der Waals surface area contributed by atoms with Gasteiger partial charge < -0.3 is 29.3 Å². The number of nitrogens with one attached hydrogen (secondary N) is 1. The molecule has 2 fully saturated rings. The molecule has 4 N–H and O–H groups in total. The number of halogens is 1. The highest BCUT2D eigenvalue weighted by atomic mass is 35.5. The number of aryl methyl sites for hydroxylation is 1. The molecule has 12 nitrogen and oxygen atoms in total. The minimum absolute atomic E-state index is 0.0745. The normalized spacial score (nSPS) is 15.0. The van der Waals surface area contributed by atoms with Gasteiger partial charge in [0, 0.05) is 62.0 Å². The maximum absolute atomic E-state index is 13.7. The van der Waals surface area contributed by atoms with E-state index in [1.807, 2.05) is 23.1 Å². The maximum Gasteiger partial charge on any atom is 0.259 e. The molecular formula is C33H34ClN6O6+. The number of rotatable bonds is 8. The van der Waals surface area contributed by atoms with Gasteiger partial charge in [0.15, 0.2) is 5.69 Å². The van der Waals surface area contributed by atoms with Crippen LogP contribution in [0.4, 0.5) is 22.7 Å². The van der Waals surface area contributed by atoms with Gasteiger partial charge in [-0.05, 0) is 55.8 Å². The standard InChI is InChI=1S/C33H33ClN6O6/c1-20-30(31(37-46-20)23-6-3-4-7-28(23)45-2)33(43)39-16-14-38(15-17-39)27-19-25(26(36-44)18-24(27)34)35-32(42)21-9-11-22(12-10-21)40-13-5-8-29(40)41/h3-4,6-7,9-12,18-19,36,44H,5,8,13-17H2,1-2H3,(H,35,42)/p+1. The van der Waals surface area contributed by atoms with E-state index in [2.05, 4.69) is 10.5 Å². The number of hydrogen-bond acceptors (Lipinski definition) is 8. The Morgan fingerprint density at radius 1 is 1.04 bits per heavy atom. The van der Waals surface area contributed by atoms with E-state index in [0.717, 1.165) is 17.6 Å². The minimum Gasteiger partial charge on any atom is -0.496 e. The van der Waals surface area contributed by atoms with E-state index in [0.29, 0.717) is 95.1 Å². The largest absolute Gasteiger partial charge is 0.496 e. The Hall–Kier alpha value is -4.91. The van der Waals surface area contributed by atoms with Gasteiger partial charge in [-0.15, -0.1) is 0 Å². The molecule has 0 spiro atoms. The summed E-state index contributed by atoms with van der Waals surface area (Å²) in [5.41, 5.74) is 4.93. The number of carbonyl (C=O) groups excluding carboxylic acids is 3.